The molecule has 2 unspecified atom stereocenters. The van der Waals surface area contributed by atoms with Crippen LogP contribution in [0.4, 0.5) is 9.59 Å². The smallest absolute Gasteiger partial charge is 0.407 e. The first-order valence-corrected chi connectivity index (χ1v) is 14.6. The van der Waals surface area contributed by atoms with Gasteiger partial charge < -0.3 is 54.4 Å². The molecule has 0 bridgehead atoms. The van der Waals surface area contributed by atoms with Gasteiger partial charge in [-0.15, -0.1) is 0 Å². The average Bonchev–Trinajstić information content (AvgIpc) is 2.98. The summed E-state index contributed by atoms with van der Waals surface area (Å²) in [5.74, 6) is -1.71. The van der Waals surface area contributed by atoms with Gasteiger partial charge in [-0.25, -0.2) is 9.59 Å². The molecule has 2 heterocycles. The van der Waals surface area contributed by atoms with Gasteiger partial charge in [0.25, 0.3) is 0 Å². The number of carbonyl (C=O) groups excluding carboxylic acids is 2. The summed E-state index contributed by atoms with van der Waals surface area (Å²) < 4.78 is 28.8. The number of hydrogen-bond donors (Lipinski definition) is 6. The predicted molar refractivity (Wildman–Crippen MR) is 160 cm³/mol. The van der Waals surface area contributed by atoms with Crippen molar-refractivity contribution >= 4 is 23.2 Å². The monoisotopic (exact) mass is 630 g/mol. The Morgan fingerprint density at radius 1 is 0.911 bits per heavy atom. The van der Waals surface area contributed by atoms with Gasteiger partial charge in [0.1, 0.15) is 28.2 Å². The maximum absolute atomic E-state index is 13.8. The highest BCUT2D eigenvalue weighted by atomic mass is 16.7. The highest BCUT2D eigenvalue weighted by molar-refractivity contribution is 5.88. The van der Waals surface area contributed by atoms with Gasteiger partial charge in [-0.1, -0.05) is 13.8 Å². The zero-order valence-electron chi connectivity index (χ0n) is 25.5. The van der Waals surface area contributed by atoms with Gasteiger partial charge in [-0.3, -0.25) is 4.79 Å². The Balaban J connectivity index is 1.75. The van der Waals surface area contributed by atoms with Crippen LogP contribution in [-0.4, -0.2) is 75.4 Å². The van der Waals surface area contributed by atoms with Crippen LogP contribution >= 0.6 is 0 Å². The largest absolute Gasteiger partial charge is 0.508 e. The van der Waals surface area contributed by atoms with Crippen LogP contribution in [-0.2, 0) is 14.2 Å². The number of aliphatic hydroxyl groups excluding tert-OH is 1. The van der Waals surface area contributed by atoms with Gasteiger partial charge >= 0.3 is 12.2 Å². The number of carbonyl (C=O) groups is 2. The molecule has 14 heteroatoms. The normalized spacial score (nSPS) is 22.7. The summed E-state index contributed by atoms with van der Waals surface area (Å²) in [6.07, 6.45) is -7.81. The molecular formula is C31H38N2O12. The molecule has 1 saturated heterocycles. The molecule has 1 aliphatic rings. The molecule has 0 aliphatic carbocycles. The molecule has 14 nitrogen and oxygen atoms in total. The number of phenols is 3. The van der Waals surface area contributed by atoms with Crippen LogP contribution < -0.4 is 20.8 Å². The summed E-state index contributed by atoms with van der Waals surface area (Å²) in [6.45, 7) is 8.75. The van der Waals surface area contributed by atoms with Crippen LogP contribution in [0.5, 0.6) is 23.0 Å². The molecule has 2 amide bonds. The number of phenolic OH excluding ortho intramolecular Hbond substituents is 3. The van der Waals surface area contributed by atoms with Crippen LogP contribution in [0.3, 0.4) is 0 Å². The molecular weight excluding hydrogens is 592 g/mol. The number of alkyl carbamates (subject to hydrolysis) is 2. The minimum absolute atomic E-state index is 0.0708. The van der Waals surface area contributed by atoms with E-state index in [1.54, 1.807) is 13.8 Å². The number of ether oxygens (including phenoxy) is 4. The van der Waals surface area contributed by atoms with Crippen molar-refractivity contribution in [2.45, 2.75) is 90.2 Å². The summed E-state index contributed by atoms with van der Waals surface area (Å²) >= 11 is 0. The van der Waals surface area contributed by atoms with E-state index in [4.69, 9.17) is 23.4 Å². The van der Waals surface area contributed by atoms with E-state index in [1.165, 1.54) is 31.2 Å². The summed E-state index contributed by atoms with van der Waals surface area (Å²) in [6, 6.07) is 7.12. The number of aliphatic hydroxyl groups is 1. The van der Waals surface area contributed by atoms with Crippen molar-refractivity contribution in [1.29, 1.82) is 0 Å². The van der Waals surface area contributed by atoms with Gasteiger partial charge in [0.2, 0.25) is 17.5 Å². The number of aromatic hydroxyl groups is 3. The summed E-state index contributed by atoms with van der Waals surface area (Å²) in [4.78, 5) is 39.2. The first-order chi connectivity index (χ1) is 21.3. The molecule has 1 fully saturated rings. The minimum atomic E-state index is -1.80. The van der Waals surface area contributed by atoms with Crippen LogP contribution in [0.25, 0.3) is 22.3 Å². The lowest BCUT2D eigenvalue weighted by Gasteiger charge is -2.42. The Morgan fingerprint density at radius 3 is 2.07 bits per heavy atom. The Kier molecular flexibility index (Phi) is 10.3. The van der Waals surface area contributed by atoms with Crippen LogP contribution in [0.2, 0.25) is 0 Å². The van der Waals surface area contributed by atoms with Gasteiger partial charge in [0.05, 0.1) is 6.10 Å². The van der Waals surface area contributed by atoms with Crippen LogP contribution in [0.1, 0.15) is 47.5 Å². The molecule has 0 saturated carbocycles. The Labute approximate surface area is 258 Å². The zero-order valence-corrected chi connectivity index (χ0v) is 25.5. The second kappa shape index (κ2) is 13.9. The lowest BCUT2D eigenvalue weighted by Crippen LogP contribution is -2.62. The van der Waals surface area contributed by atoms with Crippen molar-refractivity contribution < 1.29 is 53.4 Å². The topological polar surface area (TPSA) is 206 Å². The second-order valence-electron chi connectivity index (χ2n) is 10.9. The minimum Gasteiger partial charge on any atom is -0.508 e. The maximum atomic E-state index is 13.8. The third kappa shape index (κ3) is 7.52. The van der Waals surface area contributed by atoms with E-state index in [2.05, 4.69) is 10.6 Å². The molecule has 0 radical (unpaired) electrons. The Morgan fingerprint density at radius 2 is 1.49 bits per heavy atom. The van der Waals surface area contributed by atoms with Crippen molar-refractivity contribution in [3.8, 4) is 34.3 Å². The molecule has 4 rings (SSSR count). The highest BCUT2D eigenvalue weighted by Crippen LogP contribution is 2.38. The van der Waals surface area contributed by atoms with Gasteiger partial charge in [0.15, 0.2) is 24.1 Å². The molecule has 45 heavy (non-hydrogen) atoms. The lowest BCUT2D eigenvalue weighted by molar-refractivity contribution is -0.266. The van der Waals surface area contributed by atoms with E-state index in [9.17, 15) is 34.8 Å². The number of nitrogens with one attached hydrogen (secondary N) is 2. The maximum Gasteiger partial charge on any atom is 0.407 e. The number of amides is 2. The third-order valence-corrected chi connectivity index (χ3v) is 7.47. The van der Waals surface area contributed by atoms with Crippen molar-refractivity contribution in [3.63, 3.8) is 0 Å². The Bertz CT molecular complexity index is 1570. The summed E-state index contributed by atoms with van der Waals surface area (Å²) in [5.41, 5.74) is -0.791. The van der Waals surface area contributed by atoms with E-state index >= 15 is 0 Å². The predicted octanol–water partition coefficient (Wildman–Crippen LogP) is 3.85. The van der Waals surface area contributed by atoms with Crippen molar-refractivity contribution in [2.75, 3.05) is 0 Å². The van der Waals surface area contributed by atoms with E-state index < -0.39 is 59.8 Å². The van der Waals surface area contributed by atoms with E-state index in [-0.39, 0.29) is 45.9 Å². The fourth-order valence-electron chi connectivity index (χ4n) is 4.60. The lowest BCUT2D eigenvalue weighted by atomic mass is 9.99. The summed E-state index contributed by atoms with van der Waals surface area (Å²) in [7, 11) is 0. The van der Waals surface area contributed by atoms with Crippen molar-refractivity contribution in [3.05, 3.63) is 46.6 Å². The van der Waals surface area contributed by atoms with E-state index in [1.807, 2.05) is 13.8 Å². The standard InChI is InChI=1S/C31H38N2O12/c1-6-14(3)32-30(39)44-25-16(5)41-29(24(38)28(25)45-31(40)33-15(4)7-2)43-27-23(37)22-20(36)12-19(35)13-21(22)42-26(27)17-8-10-18(34)11-9-17/h8-16,24-25,28-29,34-36,38H,6-7H2,1-5H3,(H,32,39)(H,33,40)/t14?,15?,16-,24+,25-,28-,29-/m0/s1. The van der Waals surface area contributed by atoms with Gasteiger partial charge in [-0.05, 0) is 57.9 Å². The molecule has 1 aromatic heterocycles. The van der Waals surface area contributed by atoms with Crippen LogP contribution in [0.15, 0.2) is 45.6 Å². The molecule has 244 valence electrons. The van der Waals surface area contributed by atoms with E-state index in [0.717, 1.165) is 12.1 Å². The Hall–Kier alpha value is -4.69. The summed E-state index contributed by atoms with van der Waals surface area (Å²) in [5, 5.41) is 46.6. The van der Waals surface area contributed by atoms with E-state index in [0.29, 0.717) is 12.8 Å². The van der Waals surface area contributed by atoms with Crippen molar-refractivity contribution in [2.24, 2.45) is 0 Å². The highest BCUT2D eigenvalue weighted by Gasteiger charge is 2.50. The first-order valence-electron chi connectivity index (χ1n) is 14.6. The quantitative estimate of drug-likeness (QED) is 0.199. The second-order valence-corrected chi connectivity index (χ2v) is 10.9. The molecule has 6 N–H and O–H groups in total. The molecule has 1 aliphatic heterocycles. The van der Waals surface area contributed by atoms with Gasteiger partial charge in [-0.2, -0.15) is 0 Å². The number of hydrogen-bond acceptors (Lipinski definition) is 12. The SMILES string of the molecule is CCC(C)NC(=O)O[C@@H]1[C@@H](OC(=O)NC(C)CC)[C@@H](O)[C@H](Oc2c(-c3ccc(O)cc3)oc3cc(O)cc(O)c3c2=O)O[C@H]1C. The molecule has 3 aromatic rings. The molecule has 2 aromatic carbocycles. The molecule has 0 spiro atoms. The van der Waals surface area contributed by atoms with Crippen LogP contribution in [0, 0.1) is 0 Å². The van der Waals surface area contributed by atoms with Gasteiger partial charge in [0, 0.05) is 29.8 Å². The number of rotatable bonds is 9. The third-order valence-electron chi connectivity index (χ3n) is 7.47. The number of benzene rings is 2. The van der Waals surface area contributed by atoms with Crippen molar-refractivity contribution in [1.82, 2.24) is 10.6 Å². The zero-order chi connectivity index (χ0) is 33.0. The molecule has 7 atom stereocenters. The fraction of sp³-hybridized carbons (Fsp3) is 0.452. The first kappa shape index (κ1) is 33.2. The average molecular weight is 631 g/mol. The number of fused-ring (bicyclic) bond motifs is 1. The fourth-order valence-corrected chi connectivity index (χ4v) is 4.60.